The number of carbonyl (C=O) groups is 1. The van der Waals surface area contributed by atoms with Gasteiger partial charge in [-0.05, 0) is 53.5 Å². The Kier molecular flexibility index (Phi) is 5.66. The minimum absolute atomic E-state index is 0.121. The Morgan fingerprint density at radius 2 is 1.44 bits per heavy atom. The number of fused-ring (bicyclic) bond motifs is 1. The second kappa shape index (κ2) is 8.61. The maximum absolute atomic E-state index is 13.1. The number of Topliss-reactive ketones (excluding diaryl/α,β-unsaturated/α-hetero) is 1. The first-order chi connectivity index (χ1) is 15.5. The number of nitrogens with zero attached hydrogens (tertiary/aromatic N) is 1. The van der Waals surface area contributed by atoms with Crippen molar-refractivity contribution < 1.29 is 14.3 Å². The zero-order chi connectivity index (χ0) is 22.1. The molecule has 0 radical (unpaired) electrons. The lowest BCUT2D eigenvalue weighted by Crippen LogP contribution is -2.34. The predicted molar refractivity (Wildman–Crippen MR) is 124 cm³/mol. The highest BCUT2D eigenvalue weighted by Gasteiger charge is 2.48. The standard InChI is InChI=1S/C28H28FNO2/c29-26-12-10-22(11-13-26)21-6-8-23(9-7-21)27(31)19-30-17-24-15-28(32,16-25(24)18-30)14-20-4-2-1-3-5-20/h1-13,24-25,32H,14-19H2/t24-,25+,28+. The fraction of sp³-hybridized carbons (Fsp3) is 0.321. The van der Waals surface area contributed by atoms with Crippen LogP contribution in [0.1, 0.15) is 28.8 Å². The van der Waals surface area contributed by atoms with Crippen molar-refractivity contribution in [3.05, 3.63) is 95.8 Å². The molecule has 5 rings (SSSR count). The minimum atomic E-state index is -0.622. The quantitative estimate of drug-likeness (QED) is 0.561. The lowest BCUT2D eigenvalue weighted by atomic mass is 9.91. The number of aliphatic hydroxyl groups is 1. The molecule has 1 saturated carbocycles. The van der Waals surface area contributed by atoms with Crippen LogP contribution < -0.4 is 0 Å². The Labute approximate surface area is 188 Å². The van der Waals surface area contributed by atoms with Gasteiger partial charge in [0.05, 0.1) is 12.1 Å². The first kappa shape index (κ1) is 21.0. The average molecular weight is 430 g/mol. The normalized spacial score (nSPS) is 25.1. The maximum Gasteiger partial charge on any atom is 0.176 e. The molecule has 3 atom stereocenters. The SMILES string of the molecule is O=C(CN1C[C@@H]2C[C@](O)(Cc3ccccc3)C[C@@H]2C1)c1ccc(-c2ccc(F)cc2)cc1. The highest BCUT2D eigenvalue weighted by Crippen LogP contribution is 2.45. The summed E-state index contributed by atoms with van der Waals surface area (Å²) in [6.45, 7) is 2.17. The van der Waals surface area contributed by atoms with Gasteiger partial charge in [0.2, 0.25) is 0 Å². The lowest BCUT2D eigenvalue weighted by Gasteiger charge is -2.26. The number of hydrogen-bond acceptors (Lipinski definition) is 3. The number of rotatable bonds is 6. The van der Waals surface area contributed by atoms with Crippen molar-refractivity contribution in [2.75, 3.05) is 19.6 Å². The number of likely N-dealkylation sites (tertiary alicyclic amines) is 1. The van der Waals surface area contributed by atoms with Crippen LogP contribution in [-0.2, 0) is 6.42 Å². The molecular weight excluding hydrogens is 401 g/mol. The van der Waals surface area contributed by atoms with Gasteiger partial charge in [0, 0.05) is 25.1 Å². The summed E-state index contributed by atoms with van der Waals surface area (Å²) in [7, 11) is 0. The molecule has 3 nitrogen and oxygen atoms in total. The Morgan fingerprint density at radius 3 is 2.03 bits per heavy atom. The second-order valence-corrected chi connectivity index (χ2v) is 9.52. The third kappa shape index (κ3) is 4.52. The molecule has 4 heteroatoms. The van der Waals surface area contributed by atoms with Gasteiger partial charge in [-0.15, -0.1) is 0 Å². The van der Waals surface area contributed by atoms with Crippen molar-refractivity contribution in [1.82, 2.24) is 4.90 Å². The molecule has 2 fully saturated rings. The topological polar surface area (TPSA) is 40.5 Å². The largest absolute Gasteiger partial charge is 0.390 e. The molecule has 0 amide bonds. The summed E-state index contributed by atoms with van der Waals surface area (Å²) in [5, 5.41) is 11.1. The Hall–Kier alpha value is -2.82. The van der Waals surface area contributed by atoms with Gasteiger partial charge in [-0.25, -0.2) is 4.39 Å². The van der Waals surface area contributed by atoms with E-state index >= 15 is 0 Å². The first-order valence-electron chi connectivity index (χ1n) is 11.4. The molecule has 0 spiro atoms. The van der Waals surface area contributed by atoms with E-state index in [9.17, 15) is 14.3 Å². The molecule has 32 heavy (non-hydrogen) atoms. The summed E-state index contributed by atoms with van der Waals surface area (Å²) in [6.07, 6.45) is 2.33. The Bertz CT molecular complexity index is 1060. The molecule has 1 aliphatic heterocycles. The zero-order valence-electron chi connectivity index (χ0n) is 18.1. The van der Waals surface area contributed by atoms with E-state index in [0.29, 0.717) is 30.4 Å². The summed E-state index contributed by atoms with van der Waals surface area (Å²) in [6, 6.07) is 24.1. The van der Waals surface area contributed by atoms with Gasteiger partial charge in [-0.1, -0.05) is 66.7 Å². The van der Waals surface area contributed by atoms with Crippen molar-refractivity contribution in [1.29, 1.82) is 0 Å². The van der Waals surface area contributed by atoms with Gasteiger partial charge in [-0.2, -0.15) is 0 Å². The predicted octanol–water partition coefficient (Wildman–Crippen LogP) is 4.99. The summed E-state index contributed by atoms with van der Waals surface area (Å²) >= 11 is 0. The van der Waals surface area contributed by atoms with E-state index in [2.05, 4.69) is 17.0 Å². The second-order valence-electron chi connectivity index (χ2n) is 9.52. The van der Waals surface area contributed by atoms with E-state index in [0.717, 1.165) is 37.1 Å². The number of hydrogen-bond donors (Lipinski definition) is 1. The van der Waals surface area contributed by atoms with Gasteiger partial charge >= 0.3 is 0 Å². The molecule has 0 aromatic heterocycles. The van der Waals surface area contributed by atoms with Crippen LogP contribution in [0.25, 0.3) is 11.1 Å². The van der Waals surface area contributed by atoms with Crippen molar-refractivity contribution in [2.45, 2.75) is 24.9 Å². The summed E-state index contributed by atoms with van der Waals surface area (Å²) in [5.74, 6) is 0.777. The molecule has 2 aliphatic rings. The van der Waals surface area contributed by atoms with Gasteiger partial charge < -0.3 is 5.11 Å². The van der Waals surface area contributed by atoms with E-state index in [1.165, 1.54) is 17.7 Å². The highest BCUT2D eigenvalue weighted by atomic mass is 19.1. The molecule has 1 N–H and O–H groups in total. The summed E-state index contributed by atoms with van der Waals surface area (Å²) in [4.78, 5) is 15.1. The van der Waals surface area contributed by atoms with Crippen LogP contribution >= 0.6 is 0 Å². The summed E-state index contributed by atoms with van der Waals surface area (Å²) < 4.78 is 13.1. The van der Waals surface area contributed by atoms with Crippen LogP contribution in [0.15, 0.2) is 78.9 Å². The molecule has 3 aromatic carbocycles. The van der Waals surface area contributed by atoms with E-state index in [1.807, 2.05) is 42.5 Å². The van der Waals surface area contributed by atoms with Crippen molar-refractivity contribution in [3.63, 3.8) is 0 Å². The Balaban J connectivity index is 1.16. The number of benzene rings is 3. The van der Waals surface area contributed by atoms with Gasteiger partial charge in [0.25, 0.3) is 0 Å². The fourth-order valence-electron chi connectivity index (χ4n) is 5.59. The monoisotopic (exact) mass is 429 g/mol. The number of halogens is 1. The van der Waals surface area contributed by atoms with Crippen LogP contribution in [0.5, 0.6) is 0 Å². The van der Waals surface area contributed by atoms with Crippen molar-refractivity contribution in [3.8, 4) is 11.1 Å². The van der Waals surface area contributed by atoms with E-state index in [1.54, 1.807) is 12.1 Å². The smallest absolute Gasteiger partial charge is 0.176 e. The molecule has 3 aromatic rings. The first-order valence-corrected chi connectivity index (χ1v) is 11.4. The molecule has 1 heterocycles. The van der Waals surface area contributed by atoms with E-state index in [4.69, 9.17) is 0 Å². The molecule has 1 aliphatic carbocycles. The Morgan fingerprint density at radius 1 is 0.875 bits per heavy atom. The molecule has 1 saturated heterocycles. The highest BCUT2D eigenvalue weighted by molar-refractivity contribution is 5.98. The van der Waals surface area contributed by atoms with Crippen LogP contribution in [0.4, 0.5) is 4.39 Å². The van der Waals surface area contributed by atoms with Crippen LogP contribution in [0.2, 0.25) is 0 Å². The van der Waals surface area contributed by atoms with Crippen molar-refractivity contribution in [2.24, 2.45) is 11.8 Å². The van der Waals surface area contributed by atoms with Crippen molar-refractivity contribution >= 4 is 5.78 Å². The third-order valence-electron chi connectivity index (χ3n) is 7.06. The maximum atomic E-state index is 13.1. The molecule has 0 unspecified atom stereocenters. The van der Waals surface area contributed by atoms with Gasteiger partial charge in [-0.3, -0.25) is 9.69 Å². The summed E-state index contributed by atoms with van der Waals surface area (Å²) in [5.41, 5.74) is 3.17. The van der Waals surface area contributed by atoms with Gasteiger partial charge in [0.15, 0.2) is 5.78 Å². The third-order valence-corrected chi connectivity index (χ3v) is 7.06. The van der Waals surface area contributed by atoms with Crippen LogP contribution in [0, 0.1) is 17.7 Å². The average Bonchev–Trinajstić information content (AvgIpc) is 3.28. The van der Waals surface area contributed by atoms with Crippen LogP contribution in [0.3, 0.4) is 0 Å². The number of carbonyl (C=O) groups excluding carboxylic acids is 1. The molecular formula is C28H28FNO2. The van der Waals surface area contributed by atoms with E-state index in [-0.39, 0.29) is 11.6 Å². The van der Waals surface area contributed by atoms with E-state index < -0.39 is 5.60 Å². The lowest BCUT2D eigenvalue weighted by molar-refractivity contribution is 0.0355. The molecule has 0 bridgehead atoms. The zero-order valence-corrected chi connectivity index (χ0v) is 18.1. The molecule has 164 valence electrons. The van der Waals surface area contributed by atoms with Crippen LogP contribution in [-0.4, -0.2) is 41.0 Å². The minimum Gasteiger partial charge on any atom is -0.390 e. The fourth-order valence-corrected chi connectivity index (χ4v) is 5.59. The van der Waals surface area contributed by atoms with Gasteiger partial charge in [0.1, 0.15) is 5.82 Å². The number of ketones is 1.